The molecule has 2 fully saturated rings. The average Bonchev–Trinajstić information content (AvgIpc) is 3.30. The monoisotopic (exact) mass is 390 g/mol. The van der Waals surface area contributed by atoms with Gasteiger partial charge in [-0.15, -0.1) is 0 Å². The summed E-state index contributed by atoms with van der Waals surface area (Å²) in [6, 6.07) is 7.76. The Hall–Kier alpha value is -2.35. The van der Waals surface area contributed by atoms with Crippen molar-refractivity contribution >= 4 is 34.8 Å². The molecule has 7 nitrogen and oxygen atoms in total. The van der Waals surface area contributed by atoms with Crippen molar-refractivity contribution < 1.29 is 14.3 Å². The van der Waals surface area contributed by atoms with E-state index in [9.17, 15) is 9.59 Å². The summed E-state index contributed by atoms with van der Waals surface area (Å²) in [6.07, 6.45) is 4.77. The van der Waals surface area contributed by atoms with Crippen molar-refractivity contribution in [3.05, 3.63) is 24.3 Å². The highest BCUT2D eigenvalue weighted by atomic mass is 32.1. The quantitative estimate of drug-likeness (QED) is 0.526. The van der Waals surface area contributed by atoms with E-state index in [0.717, 1.165) is 12.8 Å². The van der Waals surface area contributed by atoms with Gasteiger partial charge in [0, 0.05) is 19.0 Å². The van der Waals surface area contributed by atoms with Gasteiger partial charge in [0.2, 0.25) is 11.8 Å². The minimum atomic E-state index is -0.436. The van der Waals surface area contributed by atoms with E-state index in [1.54, 1.807) is 4.90 Å². The summed E-state index contributed by atoms with van der Waals surface area (Å²) in [4.78, 5) is 26.5. The fraction of sp³-hybridized carbons (Fsp3) is 0.526. The molecule has 27 heavy (non-hydrogen) atoms. The van der Waals surface area contributed by atoms with Crippen LogP contribution >= 0.6 is 12.2 Å². The number of hydrazine groups is 1. The van der Waals surface area contributed by atoms with Gasteiger partial charge in [-0.3, -0.25) is 20.4 Å². The molecule has 146 valence electrons. The molecule has 0 spiro atoms. The van der Waals surface area contributed by atoms with E-state index in [0.29, 0.717) is 35.7 Å². The topological polar surface area (TPSA) is 82.7 Å². The van der Waals surface area contributed by atoms with Crippen molar-refractivity contribution in [2.75, 3.05) is 18.1 Å². The first-order valence-corrected chi connectivity index (χ1v) is 9.88. The Morgan fingerprint density at radius 2 is 2.00 bits per heavy atom. The number of anilines is 1. The number of hydrogen-bond acceptors (Lipinski definition) is 4. The number of nitrogens with one attached hydrogen (secondary N) is 3. The maximum absolute atomic E-state index is 12.4. The number of benzene rings is 1. The number of carbonyl (C=O) groups excluding carboxylic acids is 2. The van der Waals surface area contributed by atoms with Crippen LogP contribution in [0.25, 0.3) is 0 Å². The largest absolute Gasteiger partial charge is 0.492 e. The van der Waals surface area contributed by atoms with E-state index in [2.05, 4.69) is 16.2 Å². The van der Waals surface area contributed by atoms with Gasteiger partial charge in [0.05, 0.1) is 18.2 Å². The number of thiocarbonyl (C=S) groups is 1. The summed E-state index contributed by atoms with van der Waals surface area (Å²) in [5.74, 6) is -0.118. The second kappa shape index (κ2) is 9.03. The van der Waals surface area contributed by atoms with Crippen LogP contribution in [-0.4, -0.2) is 36.1 Å². The molecule has 8 heteroatoms. The highest BCUT2D eigenvalue weighted by Crippen LogP contribution is 2.33. The molecule has 2 aliphatic rings. The number of hydrogen-bond donors (Lipinski definition) is 3. The molecule has 1 saturated carbocycles. The van der Waals surface area contributed by atoms with Gasteiger partial charge in [0.25, 0.3) is 0 Å². The van der Waals surface area contributed by atoms with Crippen LogP contribution in [0.15, 0.2) is 24.3 Å². The summed E-state index contributed by atoms with van der Waals surface area (Å²) in [5.41, 5.74) is 6.08. The lowest BCUT2D eigenvalue weighted by Gasteiger charge is -2.20. The molecule has 1 saturated heterocycles. The molecule has 1 heterocycles. The van der Waals surface area contributed by atoms with Crippen molar-refractivity contribution in [1.29, 1.82) is 0 Å². The molecule has 1 aliphatic carbocycles. The summed E-state index contributed by atoms with van der Waals surface area (Å²) >= 11 is 5.22. The molecule has 1 aliphatic heterocycles. The van der Waals surface area contributed by atoms with Crippen molar-refractivity contribution in [3.8, 4) is 5.75 Å². The normalized spacial score (nSPS) is 19.8. The van der Waals surface area contributed by atoms with Gasteiger partial charge in [0.15, 0.2) is 5.11 Å². The SMILES string of the molecule is CCOc1ccccc1N1C[C@H](C(=O)NNC(=S)NC2CCCC2)CC1=O. The van der Waals surface area contributed by atoms with Crippen molar-refractivity contribution in [1.82, 2.24) is 16.2 Å². The van der Waals surface area contributed by atoms with E-state index in [4.69, 9.17) is 17.0 Å². The van der Waals surface area contributed by atoms with Crippen LogP contribution < -0.4 is 25.8 Å². The van der Waals surface area contributed by atoms with Gasteiger partial charge < -0.3 is 15.0 Å². The first-order valence-electron chi connectivity index (χ1n) is 9.47. The summed E-state index contributed by atoms with van der Waals surface area (Å²) in [6.45, 7) is 2.73. The molecular formula is C19H26N4O3S. The smallest absolute Gasteiger partial charge is 0.243 e. The molecule has 0 radical (unpaired) electrons. The van der Waals surface area contributed by atoms with Gasteiger partial charge in [-0.1, -0.05) is 25.0 Å². The molecular weight excluding hydrogens is 364 g/mol. The summed E-state index contributed by atoms with van der Waals surface area (Å²) in [5, 5.41) is 3.62. The second-order valence-corrected chi connectivity index (χ2v) is 7.28. The van der Waals surface area contributed by atoms with Gasteiger partial charge in [-0.25, -0.2) is 0 Å². The van der Waals surface area contributed by atoms with Crippen molar-refractivity contribution in [2.45, 2.75) is 45.1 Å². The van der Waals surface area contributed by atoms with Crippen LogP contribution in [-0.2, 0) is 9.59 Å². The van der Waals surface area contributed by atoms with E-state index in [1.165, 1.54) is 12.8 Å². The molecule has 0 unspecified atom stereocenters. The van der Waals surface area contributed by atoms with Crippen LogP contribution in [0.4, 0.5) is 5.69 Å². The van der Waals surface area contributed by atoms with Crippen LogP contribution in [0.2, 0.25) is 0 Å². The highest BCUT2D eigenvalue weighted by molar-refractivity contribution is 7.80. The number of carbonyl (C=O) groups is 2. The van der Waals surface area contributed by atoms with Gasteiger partial charge in [-0.2, -0.15) is 0 Å². The van der Waals surface area contributed by atoms with Crippen LogP contribution in [0.5, 0.6) is 5.75 Å². The second-order valence-electron chi connectivity index (χ2n) is 6.88. The first kappa shape index (κ1) is 19.4. The molecule has 3 N–H and O–H groups in total. The summed E-state index contributed by atoms with van der Waals surface area (Å²) < 4.78 is 5.60. The number of amides is 2. The molecule has 1 aromatic carbocycles. The predicted octanol–water partition coefficient (Wildman–Crippen LogP) is 1.88. The Bertz CT molecular complexity index is 706. The van der Waals surface area contributed by atoms with E-state index < -0.39 is 5.92 Å². The Morgan fingerprint density at radius 3 is 2.74 bits per heavy atom. The van der Waals surface area contributed by atoms with Gasteiger partial charge in [-0.05, 0) is 44.1 Å². The van der Waals surface area contributed by atoms with Crippen LogP contribution in [0.3, 0.4) is 0 Å². The molecule has 2 amide bonds. The number of ether oxygens (including phenoxy) is 1. The lowest BCUT2D eigenvalue weighted by molar-refractivity contribution is -0.126. The molecule has 1 aromatic rings. The molecule has 3 rings (SSSR count). The minimum Gasteiger partial charge on any atom is -0.492 e. The zero-order valence-electron chi connectivity index (χ0n) is 15.5. The lowest BCUT2D eigenvalue weighted by atomic mass is 10.1. The fourth-order valence-corrected chi connectivity index (χ4v) is 3.80. The first-order chi connectivity index (χ1) is 13.1. The Kier molecular flexibility index (Phi) is 6.49. The highest BCUT2D eigenvalue weighted by Gasteiger charge is 2.36. The predicted molar refractivity (Wildman–Crippen MR) is 107 cm³/mol. The van der Waals surface area contributed by atoms with Crippen LogP contribution in [0, 0.1) is 5.92 Å². The lowest BCUT2D eigenvalue weighted by Crippen LogP contribution is -2.50. The molecule has 0 bridgehead atoms. The Labute approximate surface area is 164 Å². The Balaban J connectivity index is 1.53. The third-order valence-corrected chi connectivity index (χ3v) is 5.16. The zero-order valence-corrected chi connectivity index (χ0v) is 16.3. The third-order valence-electron chi connectivity index (χ3n) is 4.94. The third kappa shape index (κ3) is 4.88. The minimum absolute atomic E-state index is 0.0889. The Morgan fingerprint density at radius 1 is 1.26 bits per heavy atom. The van der Waals surface area contributed by atoms with E-state index >= 15 is 0 Å². The molecule has 1 atom stereocenters. The maximum Gasteiger partial charge on any atom is 0.243 e. The number of rotatable bonds is 5. The maximum atomic E-state index is 12.4. The number of nitrogens with zero attached hydrogens (tertiary/aromatic N) is 1. The average molecular weight is 391 g/mol. The molecule has 0 aromatic heterocycles. The zero-order chi connectivity index (χ0) is 19.2. The van der Waals surface area contributed by atoms with E-state index in [1.807, 2.05) is 31.2 Å². The summed E-state index contributed by atoms with van der Waals surface area (Å²) in [7, 11) is 0. The fourth-order valence-electron chi connectivity index (χ4n) is 3.59. The van der Waals surface area contributed by atoms with E-state index in [-0.39, 0.29) is 18.2 Å². The van der Waals surface area contributed by atoms with Gasteiger partial charge >= 0.3 is 0 Å². The van der Waals surface area contributed by atoms with Crippen LogP contribution in [0.1, 0.15) is 39.0 Å². The standard InChI is InChI=1S/C19H26N4O3S/c1-2-26-16-10-6-5-9-15(16)23-12-13(11-17(23)24)18(25)21-22-19(27)20-14-7-3-4-8-14/h5-6,9-10,13-14H,2-4,7-8,11-12H2,1H3,(H,21,25)(H2,20,22,27)/t13-/m1/s1. The van der Waals surface area contributed by atoms with Crippen molar-refractivity contribution in [3.63, 3.8) is 0 Å². The van der Waals surface area contributed by atoms with Crippen molar-refractivity contribution in [2.24, 2.45) is 5.92 Å². The number of para-hydroxylation sites is 2. The van der Waals surface area contributed by atoms with Gasteiger partial charge in [0.1, 0.15) is 5.75 Å².